The summed E-state index contributed by atoms with van der Waals surface area (Å²) in [6.45, 7) is 7.19. The smallest absolute Gasteiger partial charge is 0.233 e. The second-order valence-corrected chi connectivity index (χ2v) is 9.92. The van der Waals surface area contributed by atoms with Gasteiger partial charge in [0.1, 0.15) is 0 Å². The lowest BCUT2D eigenvalue weighted by atomic mass is 9.78. The van der Waals surface area contributed by atoms with Crippen molar-refractivity contribution in [3.8, 4) is 0 Å². The van der Waals surface area contributed by atoms with Crippen molar-refractivity contribution < 1.29 is 4.79 Å². The number of hydrogen-bond acceptors (Lipinski definition) is 6. The molecule has 0 aliphatic heterocycles. The highest BCUT2D eigenvalue weighted by Gasteiger charge is 2.29. The van der Waals surface area contributed by atoms with Crippen molar-refractivity contribution in [2.75, 3.05) is 5.32 Å². The van der Waals surface area contributed by atoms with Gasteiger partial charge in [0.2, 0.25) is 11.0 Å². The van der Waals surface area contributed by atoms with Gasteiger partial charge in [0.25, 0.3) is 0 Å². The van der Waals surface area contributed by atoms with Gasteiger partial charge in [-0.15, -0.1) is 10.2 Å². The molecule has 1 aromatic heterocycles. The van der Waals surface area contributed by atoms with Gasteiger partial charge in [-0.05, 0) is 30.7 Å². The van der Waals surface area contributed by atoms with Crippen molar-refractivity contribution in [3.63, 3.8) is 0 Å². The van der Waals surface area contributed by atoms with Gasteiger partial charge in [0.05, 0.1) is 5.25 Å². The highest BCUT2D eigenvalue weighted by Crippen LogP contribution is 2.31. The maximum atomic E-state index is 12.6. The van der Waals surface area contributed by atoms with E-state index in [0.29, 0.717) is 24.4 Å². The summed E-state index contributed by atoms with van der Waals surface area (Å²) in [6, 6.07) is 10.5. The van der Waals surface area contributed by atoms with E-state index in [9.17, 15) is 4.79 Å². The highest BCUT2D eigenvalue weighted by molar-refractivity contribution is 8.02. The number of carbonyl (C=O) groups is 1. The van der Waals surface area contributed by atoms with Gasteiger partial charge in [-0.3, -0.25) is 4.79 Å². The molecule has 0 spiro atoms. The zero-order valence-electron chi connectivity index (χ0n) is 16.1. The number of anilines is 1. The number of carbonyl (C=O) groups excluding carboxylic acids is 1. The molecule has 27 heavy (non-hydrogen) atoms. The van der Waals surface area contributed by atoms with Gasteiger partial charge < -0.3 is 10.6 Å². The first kappa shape index (κ1) is 20.1. The summed E-state index contributed by atoms with van der Waals surface area (Å²) >= 11 is 2.97. The minimum Gasteiger partial charge on any atom is -0.356 e. The van der Waals surface area contributed by atoms with Gasteiger partial charge in [-0.1, -0.05) is 80.1 Å². The molecule has 146 valence electrons. The molecule has 1 saturated carbocycles. The molecule has 2 N–H and O–H groups in total. The second kappa shape index (κ2) is 9.55. The maximum absolute atomic E-state index is 12.6. The standard InChI is InChI=1S/C20H28N4OS2/c1-13-8-7-11-17(14(13)2)22-18(25)15(3)26-20-24-23-19(27-20)21-12-16-9-5-4-6-10-16/h4-6,9-10,13-15,17H,7-8,11-12H2,1-3H3,(H,21,23)(H,22,25)/t13-,14+,15+,17-/m0/s1. The van der Waals surface area contributed by atoms with E-state index in [-0.39, 0.29) is 11.2 Å². The first-order valence-electron chi connectivity index (χ1n) is 9.61. The molecule has 3 rings (SSSR count). The largest absolute Gasteiger partial charge is 0.356 e. The van der Waals surface area contributed by atoms with Crippen LogP contribution in [0.2, 0.25) is 0 Å². The zero-order valence-corrected chi connectivity index (χ0v) is 17.8. The fourth-order valence-electron chi connectivity index (χ4n) is 3.39. The Kier molecular flexibility index (Phi) is 7.13. The predicted octanol–water partition coefficient (Wildman–Crippen LogP) is 4.57. The van der Waals surface area contributed by atoms with Crippen molar-refractivity contribution in [1.82, 2.24) is 15.5 Å². The van der Waals surface area contributed by atoms with Crippen molar-refractivity contribution in [2.45, 2.75) is 62.2 Å². The molecular weight excluding hydrogens is 376 g/mol. The van der Waals surface area contributed by atoms with Gasteiger partial charge in [-0.25, -0.2) is 0 Å². The Labute approximate surface area is 169 Å². The van der Waals surface area contributed by atoms with Crippen molar-refractivity contribution in [2.24, 2.45) is 11.8 Å². The first-order valence-corrected chi connectivity index (χ1v) is 11.3. The Balaban J connectivity index is 1.48. The maximum Gasteiger partial charge on any atom is 0.233 e. The molecule has 2 aromatic rings. The predicted molar refractivity (Wildman–Crippen MR) is 113 cm³/mol. The van der Waals surface area contributed by atoms with Crippen LogP contribution in [0.4, 0.5) is 5.13 Å². The average Bonchev–Trinajstić information content (AvgIpc) is 3.12. The summed E-state index contributed by atoms with van der Waals surface area (Å²) in [6.07, 6.45) is 3.55. The molecule has 1 aromatic carbocycles. The summed E-state index contributed by atoms with van der Waals surface area (Å²) in [4.78, 5) is 12.6. The van der Waals surface area contributed by atoms with Crippen LogP contribution in [0.1, 0.15) is 45.6 Å². The normalized spacial score (nSPS) is 23.6. The monoisotopic (exact) mass is 404 g/mol. The van der Waals surface area contributed by atoms with E-state index < -0.39 is 0 Å². The van der Waals surface area contributed by atoms with E-state index in [1.165, 1.54) is 41.5 Å². The van der Waals surface area contributed by atoms with Crippen LogP contribution >= 0.6 is 23.1 Å². The van der Waals surface area contributed by atoms with Crippen molar-refractivity contribution >= 4 is 34.1 Å². The van der Waals surface area contributed by atoms with Crippen LogP contribution in [0.5, 0.6) is 0 Å². The average molecular weight is 405 g/mol. The number of hydrogen-bond donors (Lipinski definition) is 2. The third-order valence-electron chi connectivity index (χ3n) is 5.37. The van der Waals surface area contributed by atoms with Crippen LogP contribution in [-0.2, 0) is 11.3 Å². The highest BCUT2D eigenvalue weighted by atomic mass is 32.2. The summed E-state index contributed by atoms with van der Waals surface area (Å²) in [5.74, 6) is 1.31. The molecular formula is C20H28N4OS2. The lowest BCUT2D eigenvalue weighted by Crippen LogP contribution is -2.46. The fourth-order valence-corrected chi connectivity index (χ4v) is 5.29. The topological polar surface area (TPSA) is 66.9 Å². The van der Waals surface area contributed by atoms with E-state index in [2.05, 4.69) is 46.8 Å². The molecule has 1 heterocycles. The van der Waals surface area contributed by atoms with Crippen molar-refractivity contribution in [3.05, 3.63) is 35.9 Å². The number of amides is 1. The molecule has 0 bridgehead atoms. The Bertz CT molecular complexity index is 737. The quantitative estimate of drug-likeness (QED) is 0.662. The third-order valence-corrected chi connectivity index (χ3v) is 7.44. The van der Waals surface area contributed by atoms with Crippen LogP contribution in [0.25, 0.3) is 0 Å². The summed E-state index contributed by atoms with van der Waals surface area (Å²) in [5.41, 5.74) is 1.20. The minimum atomic E-state index is -0.177. The SMILES string of the molecule is C[C@H]1[C@@H](NC(=O)[C@@H](C)Sc2nnc(NCc3ccccc3)s2)CCC[C@@H]1C. The number of thioether (sulfide) groups is 1. The van der Waals surface area contributed by atoms with Crippen LogP contribution in [0.3, 0.4) is 0 Å². The van der Waals surface area contributed by atoms with Gasteiger partial charge in [0, 0.05) is 12.6 Å². The minimum absolute atomic E-state index is 0.0972. The Hall–Kier alpha value is -1.60. The Morgan fingerprint density at radius 2 is 2.04 bits per heavy atom. The van der Waals surface area contributed by atoms with Gasteiger partial charge in [0.15, 0.2) is 4.34 Å². The van der Waals surface area contributed by atoms with Crippen molar-refractivity contribution in [1.29, 1.82) is 0 Å². The molecule has 1 amide bonds. The van der Waals surface area contributed by atoms with Crippen LogP contribution in [-0.4, -0.2) is 27.4 Å². The molecule has 1 aliphatic carbocycles. The number of nitrogens with one attached hydrogen (secondary N) is 2. The molecule has 0 unspecified atom stereocenters. The second-order valence-electron chi connectivity index (χ2n) is 7.35. The van der Waals surface area contributed by atoms with E-state index >= 15 is 0 Å². The molecule has 7 heteroatoms. The lowest BCUT2D eigenvalue weighted by Gasteiger charge is -2.35. The van der Waals surface area contributed by atoms with Crippen LogP contribution in [0, 0.1) is 11.8 Å². The lowest BCUT2D eigenvalue weighted by molar-refractivity contribution is -0.121. The third kappa shape index (κ3) is 5.69. The van der Waals surface area contributed by atoms with E-state index in [1.807, 2.05) is 25.1 Å². The fraction of sp³-hybridized carbons (Fsp3) is 0.550. The Morgan fingerprint density at radius 3 is 2.81 bits per heavy atom. The van der Waals surface area contributed by atoms with Gasteiger partial charge in [-0.2, -0.15) is 0 Å². The Morgan fingerprint density at radius 1 is 1.26 bits per heavy atom. The van der Waals surface area contributed by atoms with E-state index in [0.717, 1.165) is 15.9 Å². The molecule has 1 fully saturated rings. The summed E-state index contributed by atoms with van der Waals surface area (Å²) < 4.78 is 0.818. The van der Waals surface area contributed by atoms with Gasteiger partial charge >= 0.3 is 0 Å². The van der Waals surface area contributed by atoms with E-state index in [4.69, 9.17) is 0 Å². The molecule has 1 aliphatic rings. The number of aromatic nitrogens is 2. The van der Waals surface area contributed by atoms with E-state index in [1.54, 1.807) is 0 Å². The molecule has 0 saturated heterocycles. The number of benzene rings is 1. The molecule has 0 radical (unpaired) electrons. The zero-order chi connectivity index (χ0) is 19.2. The summed E-state index contributed by atoms with van der Waals surface area (Å²) in [5, 5.41) is 15.5. The number of rotatable bonds is 7. The molecule has 5 nitrogen and oxygen atoms in total. The van der Waals surface area contributed by atoms with Crippen LogP contribution < -0.4 is 10.6 Å². The first-order chi connectivity index (χ1) is 13.0. The summed E-state index contributed by atoms with van der Waals surface area (Å²) in [7, 11) is 0. The van der Waals surface area contributed by atoms with Crippen LogP contribution in [0.15, 0.2) is 34.7 Å². The molecule has 4 atom stereocenters. The number of nitrogens with zero attached hydrogens (tertiary/aromatic N) is 2.